The van der Waals surface area contributed by atoms with Crippen molar-refractivity contribution in [1.82, 2.24) is 0 Å². The van der Waals surface area contributed by atoms with Crippen LogP contribution in [0.25, 0.3) is 0 Å². The molecule has 0 fully saturated rings. The molecule has 0 aliphatic carbocycles. The third kappa shape index (κ3) is 2.10. The van der Waals surface area contributed by atoms with Crippen molar-refractivity contribution in [2.45, 2.75) is 33.1 Å². The standard InChI is InChI=1S/C10H14O2S/c1-6-7(9(11)12)5-8(13-6)10(2,3)4/h5H,1-4H3,(H,11,12). The zero-order chi connectivity index (χ0) is 10.2. The summed E-state index contributed by atoms with van der Waals surface area (Å²) in [6.45, 7) is 8.11. The number of aryl methyl sites for hydroxylation is 1. The van der Waals surface area contributed by atoms with Gasteiger partial charge in [0, 0.05) is 9.75 Å². The number of aromatic carboxylic acids is 1. The van der Waals surface area contributed by atoms with Crippen LogP contribution in [0.1, 0.15) is 40.9 Å². The lowest BCUT2D eigenvalue weighted by Gasteiger charge is -2.15. The van der Waals surface area contributed by atoms with E-state index in [0.717, 1.165) is 9.75 Å². The Balaban J connectivity index is 3.17. The summed E-state index contributed by atoms with van der Waals surface area (Å²) in [5, 5.41) is 8.85. The summed E-state index contributed by atoms with van der Waals surface area (Å²) in [4.78, 5) is 12.8. The molecule has 1 aromatic rings. The number of hydrogen-bond acceptors (Lipinski definition) is 2. The largest absolute Gasteiger partial charge is 0.478 e. The third-order valence-corrected chi connectivity index (χ3v) is 3.36. The van der Waals surface area contributed by atoms with Gasteiger partial charge in [0.1, 0.15) is 0 Å². The fourth-order valence-corrected chi connectivity index (χ4v) is 2.13. The Kier molecular flexibility index (Phi) is 2.48. The summed E-state index contributed by atoms with van der Waals surface area (Å²) in [6, 6.07) is 1.78. The maximum Gasteiger partial charge on any atom is 0.336 e. The summed E-state index contributed by atoms with van der Waals surface area (Å²) >= 11 is 1.57. The second-order valence-corrected chi connectivity index (χ2v) is 5.39. The summed E-state index contributed by atoms with van der Waals surface area (Å²) in [7, 11) is 0. The van der Waals surface area contributed by atoms with Crippen LogP contribution in [0.2, 0.25) is 0 Å². The first-order valence-electron chi connectivity index (χ1n) is 4.16. The molecule has 0 aliphatic heterocycles. The quantitative estimate of drug-likeness (QED) is 0.753. The number of carboxylic acid groups (broad SMARTS) is 1. The van der Waals surface area contributed by atoms with Crippen molar-refractivity contribution < 1.29 is 9.90 Å². The van der Waals surface area contributed by atoms with Gasteiger partial charge in [-0.25, -0.2) is 4.79 Å². The Bertz CT molecular complexity index is 331. The van der Waals surface area contributed by atoms with E-state index in [1.165, 1.54) is 0 Å². The molecule has 1 rings (SSSR count). The Morgan fingerprint density at radius 2 is 2.00 bits per heavy atom. The molecule has 0 aromatic carbocycles. The molecule has 1 aromatic heterocycles. The van der Waals surface area contributed by atoms with Gasteiger partial charge in [-0.05, 0) is 18.4 Å². The molecule has 0 spiro atoms. The number of carbonyl (C=O) groups is 1. The van der Waals surface area contributed by atoms with E-state index >= 15 is 0 Å². The fourth-order valence-electron chi connectivity index (χ4n) is 1.06. The lowest BCUT2D eigenvalue weighted by Crippen LogP contribution is -2.08. The third-order valence-electron chi connectivity index (χ3n) is 1.89. The van der Waals surface area contributed by atoms with Crippen molar-refractivity contribution in [3.63, 3.8) is 0 Å². The number of rotatable bonds is 1. The van der Waals surface area contributed by atoms with Gasteiger partial charge in [0.15, 0.2) is 0 Å². The minimum Gasteiger partial charge on any atom is -0.478 e. The molecule has 1 N–H and O–H groups in total. The highest BCUT2D eigenvalue weighted by molar-refractivity contribution is 7.12. The zero-order valence-electron chi connectivity index (χ0n) is 8.34. The molecule has 0 bridgehead atoms. The van der Waals surface area contributed by atoms with Crippen LogP contribution in [0, 0.1) is 6.92 Å². The van der Waals surface area contributed by atoms with Crippen molar-refractivity contribution in [3.05, 3.63) is 21.4 Å². The Morgan fingerprint density at radius 3 is 2.23 bits per heavy atom. The van der Waals surface area contributed by atoms with E-state index in [2.05, 4.69) is 20.8 Å². The van der Waals surface area contributed by atoms with Crippen LogP contribution in [0.15, 0.2) is 6.07 Å². The first-order chi connectivity index (χ1) is 5.82. The molecule has 0 atom stereocenters. The molecule has 0 saturated carbocycles. The Morgan fingerprint density at radius 1 is 1.46 bits per heavy atom. The summed E-state index contributed by atoms with van der Waals surface area (Å²) in [6.07, 6.45) is 0. The monoisotopic (exact) mass is 198 g/mol. The summed E-state index contributed by atoms with van der Waals surface area (Å²) < 4.78 is 0. The lowest BCUT2D eigenvalue weighted by molar-refractivity contribution is 0.0696. The maximum atomic E-state index is 10.8. The van der Waals surface area contributed by atoms with Crippen LogP contribution in [0.3, 0.4) is 0 Å². The van der Waals surface area contributed by atoms with Crippen molar-refractivity contribution >= 4 is 17.3 Å². The molecule has 13 heavy (non-hydrogen) atoms. The van der Waals surface area contributed by atoms with E-state index in [0.29, 0.717) is 5.56 Å². The molecule has 72 valence electrons. The normalized spacial score (nSPS) is 11.7. The van der Waals surface area contributed by atoms with Crippen molar-refractivity contribution in [3.8, 4) is 0 Å². The van der Waals surface area contributed by atoms with Gasteiger partial charge in [0.05, 0.1) is 5.56 Å². The maximum absolute atomic E-state index is 10.8. The van der Waals surface area contributed by atoms with Crippen LogP contribution < -0.4 is 0 Å². The molecule has 1 heterocycles. The van der Waals surface area contributed by atoms with E-state index < -0.39 is 5.97 Å². The van der Waals surface area contributed by atoms with Gasteiger partial charge < -0.3 is 5.11 Å². The van der Waals surface area contributed by atoms with Crippen LogP contribution >= 0.6 is 11.3 Å². The highest BCUT2D eigenvalue weighted by Gasteiger charge is 2.20. The van der Waals surface area contributed by atoms with Crippen LogP contribution in [-0.4, -0.2) is 11.1 Å². The van der Waals surface area contributed by atoms with E-state index in [9.17, 15) is 4.79 Å². The minimum atomic E-state index is -0.829. The lowest BCUT2D eigenvalue weighted by atomic mass is 9.94. The molecular weight excluding hydrogens is 184 g/mol. The molecule has 0 amide bonds. The first-order valence-corrected chi connectivity index (χ1v) is 4.98. The first kappa shape index (κ1) is 10.3. The summed E-state index contributed by atoms with van der Waals surface area (Å²) in [5.74, 6) is -0.829. The van der Waals surface area contributed by atoms with Crippen molar-refractivity contribution in [1.29, 1.82) is 0 Å². The van der Waals surface area contributed by atoms with Crippen LogP contribution in [0.4, 0.5) is 0 Å². The van der Waals surface area contributed by atoms with Gasteiger partial charge in [0.2, 0.25) is 0 Å². The second-order valence-electron chi connectivity index (χ2n) is 4.14. The van der Waals surface area contributed by atoms with Crippen molar-refractivity contribution in [2.24, 2.45) is 0 Å². The smallest absolute Gasteiger partial charge is 0.336 e. The van der Waals surface area contributed by atoms with E-state index in [4.69, 9.17) is 5.11 Å². The Hall–Kier alpha value is -0.830. The molecule has 0 aliphatic rings. The van der Waals surface area contributed by atoms with Crippen LogP contribution in [0.5, 0.6) is 0 Å². The number of thiophene rings is 1. The highest BCUT2D eigenvalue weighted by Crippen LogP contribution is 2.31. The summed E-state index contributed by atoms with van der Waals surface area (Å²) in [5.41, 5.74) is 0.485. The topological polar surface area (TPSA) is 37.3 Å². The molecule has 0 saturated heterocycles. The van der Waals surface area contributed by atoms with Gasteiger partial charge in [-0.3, -0.25) is 0 Å². The zero-order valence-corrected chi connectivity index (χ0v) is 9.16. The second kappa shape index (κ2) is 3.14. The van der Waals surface area contributed by atoms with Gasteiger partial charge in [-0.15, -0.1) is 11.3 Å². The van der Waals surface area contributed by atoms with E-state index in [1.54, 1.807) is 17.4 Å². The molecule has 0 unspecified atom stereocenters. The molecule has 2 nitrogen and oxygen atoms in total. The van der Waals surface area contributed by atoms with Gasteiger partial charge >= 0.3 is 5.97 Å². The highest BCUT2D eigenvalue weighted by atomic mass is 32.1. The molecule has 0 radical (unpaired) electrons. The van der Waals surface area contributed by atoms with Crippen molar-refractivity contribution in [2.75, 3.05) is 0 Å². The average molecular weight is 198 g/mol. The van der Waals surface area contributed by atoms with E-state index in [-0.39, 0.29) is 5.41 Å². The number of carboxylic acids is 1. The van der Waals surface area contributed by atoms with Gasteiger partial charge in [-0.2, -0.15) is 0 Å². The fraction of sp³-hybridized carbons (Fsp3) is 0.500. The predicted molar refractivity (Wildman–Crippen MR) is 54.7 cm³/mol. The minimum absolute atomic E-state index is 0.0448. The predicted octanol–water partition coefficient (Wildman–Crippen LogP) is 3.05. The average Bonchev–Trinajstić information content (AvgIpc) is 2.29. The van der Waals surface area contributed by atoms with E-state index in [1.807, 2.05) is 6.92 Å². The van der Waals surface area contributed by atoms with Gasteiger partial charge in [0.25, 0.3) is 0 Å². The molecule has 3 heteroatoms. The Labute approximate surface area is 82.2 Å². The number of hydrogen-bond donors (Lipinski definition) is 1. The molecular formula is C10H14O2S. The van der Waals surface area contributed by atoms with Crippen LogP contribution in [-0.2, 0) is 5.41 Å². The SMILES string of the molecule is Cc1sc(C(C)(C)C)cc1C(=O)O. The van der Waals surface area contributed by atoms with Gasteiger partial charge in [-0.1, -0.05) is 20.8 Å².